The highest BCUT2D eigenvalue weighted by Gasteiger charge is 2.32. The predicted octanol–water partition coefficient (Wildman–Crippen LogP) is 2.56. The van der Waals surface area contributed by atoms with Crippen LogP contribution in [0.3, 0.4) is 0 Å². The van der Waals surface area contributed by atoms with E-state index in [-0.39, 0.29) is 10.8 Å². The molecule has 1 aliphatic rings. The molecule has 0 spiro atoms. The van der Waals surface area contributed by atoms with Gasteiger partial charge in [0.1, 0.15) is 10.5 Å². The summed E-state index contributed by atoms with van der Waals surface area (Å²) in [5.74, 6) is 0.905. The second-order valence-corrected chi connectivity index (χ2v) is 7.22. The molecule has 0 aliphatic carbocycles. The molecule has 0 radical (unpaired) electrons. The molecule has 1 aromatic rings. The Kier molecular flexibility index (Phi) is 3.66. The van der Waals surface area contributed by atoms with E-state index < -0.39 is 11.4 Å². The highest BCUT2D eigenvalue weighted by molar-refractivity contribution is 7.90. The molecular weight excluding hydrogens is 234 g/mol. The van der Waals surface area contributed by atoms with Gasteiger partial charge in [-0.05, 0) is 26.8 Å². The van der Waals surface area contributed by atoms with E-state index >= 15 is 0 Å². The Balaban J connectivity index is 2.14. The molecule has 4 heteroatoms. The summed E-state index contributed by atoms with van der Waals surface area (Å²) in [6, 6.07) is 8.07. The summed E-state index contributed by atoms with van der Waals surface area (Å²) in [5.41, 5.74) is 1.11. The van der Waals surface area contributed by atoms with E-state index in [4.69, 9.17) is 4.74 Å². The second-order valence-electron chi connectivity index (χ2n) is 5.23. The number of ether oxygens (including phenoxy) is 1. The van der Waals surface area contributed by atoms with Crippen molar-refractivity contribution in [1.29, 1.82) is 0 Å². The lowest BCUT2D eigenvalue weighted by atomic mass is 10.0. The van der Waals surface area contributed by atoms with Gasteiger partial charge >= 0.3 is 0 Å². The molecule has 94 valence electrons. The third kappa shape index (κ3) is 2.94. The molecule has 1 N–H and O–H groups in total. The minimum Gasteiger partial charge on any atom is -0.598 e. The Bertz CT molecular complexity index is 389. The van der Waals surface area contributed by atoms with E-state index in [9.17, 15) is 4.55 Å². The van der Waals surface area contributed by atoms with Crippen LogP contribution in [0.15, 0.2) is 24.3 Å². The maximum atomic E-state index is 12.1. The molecule has 2 atom stereocenters. The van der Waals surface area contributed by atoms with Crippen LogP contribution in [0.5, 0.6) is 5.75 Å². The van der Waals surface area contributed by atoms with Crippen molar-refractivity contribution in [1.82, 2.24) is 4.72 Å². The average Bonchev–Trinajstić information content (AvgIpc) is 2.28. The van der Waals surface area contributed by atoms with Crippen molar-refractivity contribution in [3.63, 3.8) is 0 Å². The maximum absolute atomic E-state index is 12.1. The summed E-state index contributed by atoms with van der Waals surface area (Å²) in [5, 5.41) is 0. The van der Waals surface area contributed by atoms with Gasteiger partial charge in [-0.3, -0.25) is 0 Å². The van der Waals surface area contributed by atoms with Gasteiger partial charge in [0.25, 0.3) is 0 Å². The van der Waals surface area contributed by atoms with Crippen LogP contribution in [-0.4, -0.2) is 15.9 Å². The zero-order valence-corrected chi connectivity index (χ0v) is 11.3. The first-order valence-corrected chi connectivity index (χ1v) is 7.03. The van der Waals surface area contributed by atoms with Crippen LogP contribution < -0.4 is 9.46 Å². The molecule has 3 nitrogen and oxygen atoms in total. The summed E-state index contributed by atoms with van der Waals surface area (Å²) >= 11 is -1.05. The fraction of sp³-hybridized carbons (Fsp3) is 0.538. The van der Waals surface area contributed by atoms with Gasteiger partial charge in [-0.1, -0.05) is 18.2 Å². The van der Waals surface area contributed by atoms with Crippen molar-refractivity contribution >= 4 is 11.4 Å². The minimum absolute atomic E-state index is 0.125. The monoisotopic (exact) mass is 253 g/mol. The molecule has 17 heavy (non-hydrogen) atoms. The van der Waals surface area contributed by atoms with E-state index in [1.165, 1.54) is 0 Å². The number of hydrogen-bond acceptors (Lipinski definition) is 3. The Hall–Kier alpha value is -0.710. The van der Waals surface area contributed by atoms with Gasteiger partial charge in [-0.15, -0.1) is 4.72 Å². The first kappa shape index (κ1) is 12.7. The Morgan fingerprint density at radius 3 is 2.76 bits per heavy atom. The van der Waals surface area contributed by atoms with Crippen LogP contribution in [-0.2, 0) is 11.4 Å². The molecule has 1 unspecified atom stereocenters. The largest absolute Gasteiger partial charge is 0.598 e. The van der Waals surface area contributed by atoms with Crippen molar-refractivity contribution in [3.05, 3.63) is 29.8 Å². The first-order chi connectivity index (χ1) is 7.98. The van der Waals surface area contributed by atoms with Crippen molar-refractivity contribution in [2.45, 2.75) is 38.0 Å². The lowest BCUT2D eigenvalue weighted by Crippen LogP contribution is -2.42. The smallest absolute Gasteiger partial charge is 0.136 e. The lowest BCUT2D eigenvalue weighted by Gasteiger charge is -2.31. The van der Waals surface area contributed by atoms with Crippen LogP contribution in [0, 0.1) is 0 Å². The number of hydrogen-bond donors (Lipinski definition) is 1. The number of nitrogens with one attached hydrogen (secondary N) is 1. The van der Waals surface area contributed by atoms with Crippen LogP contribution >= 0.6 is 0 Å². The minimum atomic E-state index is -1.05. The molecular formula is C13H19NO2S. The molecule has 2 rings (SSSR count). The summed E-state index contributed by atoms with van der Waals surface area (Å²) in [4.78, 5) is 0. The van der Waals surface area contributed by atoms with Crippen LogP contribution in [0.25, 0.3) is 0 Å². The topological polar surface area (TPSA) is 44.3 Å². The number of benzene rings is 1. The Morgan fingerprint density at radius 2 is 2.06 bits per heavy atom. The van der Waals surface area contributed by atoms with E-state index in [2.05, 4.69) is 4.72 Å². The molecule has 1 heterocycles. The maximum Gasteiger partial charge on any atom is 0.136 e. The summed E-state index contributed by atoms with van der Waals surface area (Å²) in [7, 11) is 0. The third-order valence-electron chi connectivity index (χ3n) is 2.76. The van der Waals surface area contributed by atoms with Gasteiger partial charge in [0, 0.05) is 23.3 Å². The number of para-hydroxylation sites is 1. The van der Waals surface area contributed by atoms with Crippen LogP contribution in [0.1, 0.15) is 38.8 Å². The predicted molar refractivity (Wildman–Crippen MR) is 70.3 cm³/mol. The Morgan fingerprint density at radius 1 is 1.35 bits per heavy atom. The van der Waals surface area contributed by atoms with Gasteiger partial charge in [0.05, 0.1) is 12.6 Å². The van der Waals surface area contributed by atoms with Crippen molar-refractivity contribution < 1.29 is 9.29 Å². The molecule has 0 saturated heterocycles. The molecule has 1 aliphatic heterocycles. The van der Waals surface area contributed by atoms with Crippen molar-refractivity contribution in [3.8, 4) is 5.75 Å². The number of fused-ring (bicyclic) bond motifs is 1. The molecule has 0 amide bonds. The molecule has 0 bridgehead atoms. The van der Waals surface area contributed by atoms with Gasteiger partial charge in [-0.25, -0.2) is 0 Å². The van der Waals surface area contributed by atoms with Crippen LogP contribution in [0.2, 0.25) is 0 Å². The molecule has 0 saturated carbocycles. The SMILES string of the molecule is CC(C)(C)[S@+]([O-])NC1CCOc2ccccc21. The zero-order valence-electron chi connectivity index (χ0n) is 10.5. The highest BCUT2D eigenvalue weighted by atomic mass is 32.2. The van der Waals surface area contributed by atoms with Gasteiger partial charge in [0.2, 0.25) is 0 Å². The average molecular weight is 253 g/mol. The van der Waals surface area contributed by atoms with Crippen molar-refractivity contribution in [2.75, 3.05) is 6.61 Å². The molecule has 0 fully saturated rings. The highest BCUT2D eigenvalue weighted by Crippen LogP contribution is 2.32. The number of rotatable bonds is 2. The van der Waals surface area contributed by atoms with Crippen molar-refractivity contribution in [2.24, 2.45) is 0 Å². The summed E-state index contributed by atoms with van der Waals surface area (Å²) < 4.78 is 20.6. The third-order valence-corrected chi connectivity index (χ3v) is 4.37. The van der Waals surface area contributed by atoms with Gasteiger partial charge in [0.15, 0.2) is 0 Å². The fourth-order valence-electron chi connectivity index (χ4n) is 1.77. The van der Waals surface area contributed by atoms with E-state index in [0.717, 1.165) is 17.7 Å². The quantitative estimate of drug-likeness (QED) is 0.824. The van der Waals surface area contributed by atoms with E-state index in [1.807, 2.05) is 45.0 Å². The molecule has 1 aromatic carbocycles. The zero-order chi connectivity index (χ0) is 12.5. The van der Waals surface area contributed by atoms with Gasteiger partial charge in [-0.2, -0.15) is 0 Å². The van der Waals surface area contributed by atoms with E-state index in [1.54, 1.807) is 0 Å². The van der Waals surface area contributed by atoms with E-state index in [0.29, 0.717) is 6.61 Å². The Labute approximate surface area is 106 Å². The van der Waals surface area contributed by atoms with Crippen LogP contribution in [0.4, 0.5) is 0 Å². The standard InChI is InChI=1S/C13H19NO2S/c1-13(2,3)17(15)14-11-8-9-16-12-7-5-4-6-10(11)12/h4-7,11,14H,8-9H2,1-3H3/t11?,17-/m0/s1. The summed E-state index contributed by atoms with van der Waals surface area (Å²) in [6.45, 7) is 6.60. The fourth-order valence-corrected chi connectivity index (χ4v) is 2.63. The van der Waals surface area contributed by atoms with Gasteiger partial charge < -0.3 is 9.29 Å². The first-order valence-electron chi connectivity index (χ1n) is 5.88. The lowest BCUT2D eigenvalue weighted by molar-refractivity contribution is 0.262. The normalized spacial score (nSPS) is 21.5. The second kappa shape index (κ2) is 4.88. The molecule has 0 aromatic heterocycles. The summed E-state index contributed by atoms with van der Waals surface area (Å²) in [6.07, 6.45) is 0.860.